The first-order chi connectivity index (χ1) is 14.8. The molecule has 0 N–H and O–H groups in total. The summed E-state index contributed by atoms with van der Waals surface area (Å²) in [5.74, 6) is -1.58. The second-order valence-corrected chi connectivity index (χ2v) is 10.3. The molecule has 2 heterocycles. The van der Waals surface area contributed by atoms with Crippen molar-refractivity contribution in [3.05, 3.63) is 57.9 Å². The maximum atomic E-state index is 13.5. The molecule has 0 saturated heterocycles. The van der Waals surface area contributed by atoms with Crippen molar-refractivity contribution in [2.24, 2.45) is 0 Å². The third-order valence-corrected chi connectivity index (χ3v) is 7.56. The third-order valence-electron chi connectivity index (χ3n) is 4.75. The fourth-order valence-corrected chi connectivity index (χ4v) is 6.02. The van der Waals surface area contributed by atoms with Gasteiger partial charge in [0.25, 0.3) is 5.01 Å². The Labute approximate surface area is 185 Å². The first-order valence-corrected chi connectivity index (χ1v) is 12.5. The number of nitrogens with zero attached hydrogens (tertiary/aromatic N) is 1. The fourth-order valence-electron chi connectivity index (χ4n) is 3.37. The van der Waals surface area contributed by atoms with E-state index in [2.05, 4.69) is 0 Å². The maximum absolute atomic E-state index is 13.5. The second kappa shape index (κ2) is 8.62. The van der Waals surface area contributed by atoms with Crippen molar-refractivity contribution in [3.63, 3.8) is 0 Å². The summed E-state index contributed by atoms with van der Waals surface area (Å²) >= 11 is 3.01. The Morgan fingerprint density at radius 1 is 1.16 bits per heavy atom. The van der Waals surface area contributed by atoms with Gasteiger partial charge in [-0.3, -0.25) is 0 Å². The second-order valence-electron chi connectivity index (χ2n) is 6.80. The lowest BCUT2D eigenvalue weighted by Crippen LogP contribution is -2.36. The Kier molecular flexibility index (Phi) is 6.07. The van der Waals surface area contributed by atoms with Gasteiger partial charge in [0.15, 0.2) is 18.2 Å². The van der Waals surface area contributed by atoms with E-state index >= 15 is 0 Å². The van der Waals surface area contributed by atoms with Crippen molar-refractivity contribution in [1.29, 1.82) is 0 Å². The average Bonchev–Trinajstić information content (AvgIpc) is 3.32. The summed E-state index contributed by atoms with van der Waals surface area (Å²) in [4.78, 5) is 0. The van der Waals surface area contributed by atoms with Crippen LogP contribution in [0.25, 0.3) is 32.5 Å². The maximum Gasteiger partial charge on any atom is 0.262 e. The van der Waals surface area contributed by atoms with Gasteiger partial charge in [-0.05, 0) is 35.2 Å². The lowest BCUT2D eigenvalue weighted by Gasteiger charge is -2.05. The first kappa shape index (κ1) is 21.8. The minimum Gasteiger partial charge on any atom is -0.748 e. The van der Waals surface area contributed by atoms with E-state index < -0.39 is 27.5 Å². The number of aromatic nitrogens is 1. The quantitative estimate of drug-likeness (QED) is 0.281. The lowest BCUT2D eigenvalue weighted by atomic mass is 10.2. The molecular formula is C21H17F2NO4S3. The molecule has 5 nitrogen and oxygen atoms in total. The van der Waals surface area contributed by atoms with Crippen LogP contribution in [0.5, 0.6) is 5.75 Å². The molecule has 0 radical (unpaired) electrons. The number of ether oxygens (including phenoxy) is 1. The van der Waals surface area contributed by atoms with Crippen LogP contribution in [0.15, 0.2) is 35.7 Å². The van der Waals surface area contributed by atoms with Crippen molar-refractivity contribution in [2.45, 2.75) is 13.0 Å². The number of fused-ring (bicyclic) bond motifs is 3. The average molecular weight is 482 g/mol. The topological polar surface area (TPSA) is 70.3 Å². The standard InChI is InChI=1S/C21H17F2NO4S3/c1-28-17-12-18-20(21-14(17)7-9-29-21)24(8-2-10-31(25,26)27)19(30-18)6-4-13-3-5-15(22)16(23)11-13/h3-7,9,11-12H,2,8,10H2,1H3/b6-4+. The zero-order valence-corrected chi connectivity index (χ0v) is 18.8. The molecule has 0 aliphatic carbocycles. The van der Waals surface area contributed by atoms with Gasteiger partial charge in [-0.1, -0.05) is 17.4 Å². The van der Waals surface area contributed by atoms with Gasteiger partial charge in [0.05, 0.1) is 17.2 Å². The number of hydrogen-bond acceptors (Lipinski definition) is 6. The van der Waals surface area contributed by atoms with E-state index in [0.29, 0.717) is 12.1 Å². The Morgan fingerprint density at radius 3 is 2.68 bits per heavy atom. The number of halogens is 2. The van der Waals surface area contributed by atoms with E-state index in [4.69, 9.17) is 4.74 Å². The highest BCUT2D eigenvalue weighted by atomic mass is 32.2. The number of thiophene rings is 1. The highest BCUT2D eigenvalue weighted by Crippen LogP contribution is 2.38. The van der Waals surface area contributed by atoms with Crippen molar-refractivity contribution in [1.82, 2.24) is 0 Å². The van der Waals surface area contributed by atoms with Gasteiger partial charge < -0.3 is 9.29 Å². The largest absolute Gasteiger partial charge is 0.748 e. The van der Waals surface area contributed by atoms with Gasteiger partial charge in [0.1, 0.15) is 15.1 Å². The number of benzene rings is 2. The molecule has 0 aliphatic heterocycles. The van der Waals surface area contributed by atoms with Gasteiger partial charge >= 0.3 is 0 Å². The molecule has 2 aromatic heterocycles. The Bertz CT molecular complexity index is 1410. The Balaban J connectivity index is 1.83. The van der Waals surface area contributed by atoms with Crippen molar-refractivity contribution < 1.29 is 31.1 Å². The number of hydrogen-bond donors (Lipinski definition) is 0. The van der Waals surface area contributed by atoms with E-state index in [1.165, 1.54) is 17.4 Å². The summed E-state index contributed by atoms with van der Waals surface area (Å²) in [6, 6.07) is 7.52. The van der Waals surface area contributed by atoms with E-state index in [9.17, 15) is 21.8 Å². The molecule has 0 amide bonds. The SMILES string of the molecule is COc1cc2sc(/C=C/c3ccc(F)c(F)c3)[n+](CCCS(=O)(=O)[O-])c2c2sccc12. The first-order valence-electron chi connectivity index (χ1n) is 9.24. The van der Waals surface area contributed by atoms with Gasteiger partial charge in [0, 0.05) is 29.7 Å². The van der Waals surface area contributed by atoms with E-state index in [1.54, 1.807) is 30.6 Å². The molecule has 31 heavy (non-hydrogen) atoms. The number of methoxy groups -OCH3 is 1. The highest BCUT2D eigenvalue weighted by molar-refractivity contribution is 7.85. The molecular weight excluding hydrogens is 464 g/mol. The molecule has 10 heteroatoms. The molecule has 162 valence electrons. The van der Waals surface area contributed by atoms with Crippen LogP contribution < -0.4 is 9.30 Å². The number of thiazole rings is 1. The van der Waals surface area contributed by atoms with Gasteiger partial charge in [-0.15, -0.1) is 11.3 Å². The van der Waals surface area contributed by atoms with Crippen molar-refractivity contribution in [3.8, 4) is 5.75 Å². The molecule has 0 aliphatic rings. The summed E-state index contributed by atoms with van der Waals surface area (Å²) in [6.07, 6.45) is 3.60. The predicted octanol–water partition coefficient (Wildman–Crippen LogP) is 4.80. The van der Waals surface area contributed by atoms with Crippen LogP contribution in [0.3, 0.4) is 0 Å². The summed E-state index contributed by atoms with van der Waals surface area (Å²) in [5, 5.41) is 3.68. The molecule has 0 fully saturated rings. The summed E-state index contributed by atoms with van der Waals surface area (Å²) < 4.78 is 69.4. The minimum absolute atomic E-state index is 0.160. The van der Waals surface area contributed by atoms with E-state index in [1.807, 2.05) is 22.1 Å². The molecule has 2 aromatic carbocycles. The Hall–Kier alpha value is -2.40. The van der Waals surface area contributed by atoms with Crippen molar-refractivity contribution in [2.75, 3.05) is 12.9 Å². The highest BCUT2D eigenvalue weighted by Gasteiger charge is 2.24. The summed E-state index contributed by atoms with van der Waals surface area (Å²) in [6.45, 7) is 0.318. The zero-order valence-electron chi connectivity index (χ0n) is 16.3. The third kappa shape index (κ3) is 4.62. The van der Waals surface area contributed by atoms with Gasteiger partial charge in [-0.25, -0.2) is 17.2 Å². The van der Waals surface area contributed by atoms with Crippen LogP contribution in [0.4, 0.5) is 8.78 Å². The molecule has 0 spiro atoms. The van der Waals surface area contributed by atoms with Crippen LogP contribution in [0, 0.1) is 11.6 Å². The molecule has 0 atom stereocenters. The molecule has 0 unspecified atom stereocenters. The van der Waals surface area contributed by atoms with E-state index in [-0.39, 0.29) is 6.42 Å². The Morgan fingerprint density at radius 2 is 1.97 bits per heavy atom. The molecule has 0 bridgehead atoms. The normalized spacial score (nSPS) is 12.4. The number of aryl methyl sites for hydroxylation is 1. The van der Waals surface area contributed by atoms with E-state index in [0.717, 1.165) is 43.2 Å². The molecule has 4 rings (SSSR count). The molecule has 4 aromatic rings. The summed E-state index contributed by atoms with van der Waals surface area (Å²) in [5.41, 5.74) is 1.41. The monoisotopic (exact) mass is 481 g/mol. The van der Waals surface area contributed by atoms with Crippen LogP contribution in [0.1, 0.15) is 17.0 Å². The zero-order chi connectivity index (χ0) is 22.2. The minimum atomic E-state index is -4.32. The van der Waals surface area contributed by atoms with Crippen LogP contribution in [-0.2, 0) is 16.7 Å². The smallest absolute Gasteiger partial charge is 0.262 e. The summed E-state index contributed by atoms with van der Waals surface area (Å²) in [7, 11) is -2.72. The predicted molar refractivity (Wildman–Crippen MR) is 118 cm³/mol. The number of rotatable bonds is 7. The van der Waals surface area contributed by atoms with Crippen molar-refractivity contribution >= 4 is 65.2 Å². The van der Waals surface area contributed by atoms with Gasteiger partial charge in [0.2, 0.25) is 5.52 Å². The van der Waals surface area contributed by atoms with Gasteiger partial charge in [-0.2, -0.15) is 4.57 Å². The van der Waals surface area contributed by atoms with Crippen LogP contribution in [-0.4, -0.2) is 25.8 Å². The molecule has 0 saturated carbocycles. The lowest BCUT2D eigenvalue weighted by molar-refractivity contribution is -0.667. The van der Waals surface area contributed by atoms with Crippen LogP contribution in [0.2, 0.25) is 0 Å². The fraction of sp³-hybridized carbons (Fsp3) is 0.190. The van der Waals surface area contributed by atoms with Crippen LogP contribution >= 0.6 is 22.7 Å².